The summed E-state index contributed by atoms with van der Waals surface area (Å²) >= 11 is 11.8. The Kier molecular flexibility index (Phi) is 6.16. The van der Waals surface area contributed by atoms with Crippen LogP contribution in [0, 0.1) is 6.92 Å². The van der Waals surface area contributed by atoms with Crippen LogP contribution < -0.4 is 9.46 Å². The number of esters is 1. The van der Waals surface area contributed by atoms with Crippen molar-refractivity contribution >= 4 is 44.9 Å². The Hall–Kier alpha value is -1.96. The molecule has 9 heteroatoms. The molecule has 0 unspecified atom stereocenters. The Balaban J connectivity index is 2.22. The van der Waals surface area contributed by atoms with Crippen molar-refractivity contribution in [2.24, 2.45) is 0 Å². The molecule has 2 rings (SSSR count). The molecular formula is C16H15Cl2NO5S. The Morgan fingerprint density at radius 3 is 2.48 bits per heavy atom. The molecule has 0 fully saturated rings. The standard InChI is InChI=1S/C16H15Cl2NO5S/c1-10-7-12(4-6-15(10)24-9-16(20)23-2)25(21,22)19-14-5-3-11(17)8-13(14)18/h3-8,19H,9H2,1-2H3. The number of carbonyl (C=O) groups excluding carboxylic acids is 1. The summed E-state index contributed by atoms with van der Waals surface area (Å²) in [4.78, 5) is 11.1. The summed E-state index contributed by atoms with van der Waals surface area (Å²) in [6.45, 7) is 1.41. The van der Waals surface area contributed by atoms with Crippen LogP contribution in [-0.2, 0) is 19.6 Å². The lowest BCUT2D eigenvalue weighted by atomic mass is 10.2. The van der Waals surface area contributed by atoms with Crippen molar-refractivity contribution in [1.29, 1.82) is 0 Å². The van der Waals surface area contributed by atoms with Gasteiger partial charge in [0.25, 0.3) is 10.0 Å². The molecule has 6 nitrogen and oxygen atoms in total. The number of halogens is 2. The zero-order chi connectivity index (χ0) is 18.6. The molecule has 0 bridgehead atoms. The van der Waals surface area contributed by atoms with Gasteiger partial charge in [-0.1, -0.05) is 23.2 Å². The Labute approximate surface area is 155 Å². The van der Waals surface area contributed by atoms with Crippen LogP contribution in [0.3, 0.4) is 0 Å². The highest BCUT2D eigenvalue weighted by molar-refractivity contribution is 7.92. The fraction of sp³-hybridized carbons (Fsp3) is 0.188. The topological polar surface area (TPSA) is 81.7 Å². The first-order chi connectivity index (χ1) is 11.7. The second kappa shape index (κ2) is 7.95. The normalized spacial score (nSPS) is 11.0. The molecular weight excluding hydrogens is 389 g/mol. The van der Waals surface area contributed by atoms with Crippen LogP contribution in [0.1, 0.15) is 5.56 Å². The number of sulfonamides is 1. The van der Waals surface area contributed by atoms with Gasteiger partial charge in [-0.15, -0.1) is 0 Å². The van der Waals surface area contributed by atoms with Crippen LogP contribution in [0.15, 0.2) is 41.3 Å². The lowest BCUT2D eigenvalue weighted by molar-refractivity contribution is -0.142. The number of anilines is 1. The van der Waals surface area contributed by atoms with Gasteiger partial charge in [0.1, 0.15) is 5.75 Å². The molecule has 2 aromatic carbocycles. The lowest BCUT2D eigenvalue weighted by Gasteiger charge is -2.12. The van der Waals surface area contributed by atoms with Gasteiger partial charge in [-0.3, -0.25) is 4.72 Å². The fourth-order valence-electron chi connectivity index (χ4n) is 1.92. The Bertz CT molecular complexity index is 899. The van der Waals surface area contributed by atoms with E-state index in [1.165, 1.54) is 43.5 Å². The minimum atomic E-state index is -3.85. The minimum absolute atomic E-state index is 0.0291. The zero-order valence-corrected chi connectivity index (χ0v) is 15.7. The molecule has 0 heterocycles. The van der Waals surface area contributed by atoms with Crippen LogP contribution in [0.5, 0.6) is 5.75 Å². The summed E-state index contributed by atoms with van der Waals surface area (Å²) in [6.07, 6.45) is 0. The first-order valence-corrected chi connectivity index (χ1v) is 9.25. The van der Waals surface area contributed by atoms with Crippen LogP contribution >= 0.6 is 23.2 Å². The highest BCUT2D eigenvalue weighted by atomic mass is 35.5. The predicted octanol–water partition coefficient (Wildman–Crippen LogP) is 3.65. The smallest absolute Gasteiger partial charge is 0.343 e. The quantitative estimate of drug-likeness (QED) is 0.744. The average molecular weight is 404 g/mol. The monoisotopic (exact) mass is 403 g/mol. The number of nitrogens with one attached hydrogen (secondary N) is 1. The molecule has 25 heavy (non-hydrogen) atoms. The van der Waals surface area contributed by atoms with Gasteiger partial charge in [-0.05, 0) is 48.9 Å². The van der Waals surface area contributed by atoms with Gasteiger partial charge in [0.15, 0.2) is 6.61 Å². The van der Waals surface area contributed by atoms with Crippen molar-refractivity contribution in [2.75, 3.05) is 18.4 Å². The van der Waals surface area contributed by atoms with Gasteiger partial charge < -0.3 is 9.47 Å². The van der Waals surface area contributed by atoms with E-state index in [0.717, 1.165) is 0 Å². The number of methoxy groups -OCH3 is 1. The van der Waals surface area contributed by atoms with Gasteiger partial charge in [-0.25, -0.2) is 13.2 Å². The Morgan fingerprint density at radius 1 is 1.16 bits per heavy atom. The predicted molar refractivity (Wildman–Crippen MR) is 96.0 cm³/mol. The van der Waals surface area contributed by atoms with Crippen molar-refractivity contribution in [2.45, 2.75) is 11.8 Å². The Morgan fingerprint density at radius 2 is 1.88 bits per heavy atom. The largest absolute Gasteiger partial charge is 0.482 e. The van der Waals surface area contributed by atoms with E-state index in [0.29, 0.717) is 16.3 Å². The van der Waals surface area contributed by atoms with Crippen LogP contribution in [0.2, 0.25) is 10.0 Å². The highest BCUT2D eigenvalue weighted by Crippen LogP contribution is 2.29. The molecule has 0 amide bonds. The second-order valence-electron chi connectivity index (χ2n) is 5.02. The molecule has 1 N–H and O–H groups in total. The summed E-state index contributed by atoms with van der Waals surface area (Å²) in [7, 11) is -2.60. The maximum atomic E-state index is 12.5. The summed E-state index contributed by atoms with van der Waals surface area (Å²) in [5.74, 6) is -0.149. The number of hydrogen-bond acceptors (Lipinski definition) is 5. The minimum Gasteiger partial charge on any atom is -0.482 e. The average Bonchev–Trinajstić information content (AvgIpc) is 2.55. The summed E-state index contributed by atoms with van der Waals surface area (Å²) in [5.41, 5.74) is 0.767. The van der Waals surface area contributed by atoms with Crippen LogP contribution in [0.4, 0.5) is 5.69 Å². The number of benzene rings is 2. The van der Waals surface area contributed by atoms with Crippen LogP contribution in [0.25, 0.3) is 0 Å². The van der Waals surface area contributed by atoms with E-state index in [4.69, 9.17) is 27.9 Å². The van der Waals surface area contributed by atoms with E-state index in [2.05, 4.69) is 9.46 Å². The first kappa shape index (κ1) is 19.4. The summed E-state index contributed by atoms with van der Waals surface area (Å²) < 4.78 is 37.2. The second-order valence-corrected chi connectivity index (χ2v) is 7.55. The zero-order valence-electron chi connectivity index (χ0n) is 13.4. The van der Waals surface area contributed by atoms with E-state index in [9.17, 15) is 13.2 Å². The number of hydrogen-bond donors (Lipinski definition) is 1. The third-order valence-electron chi connectivity index (χ3n) is 3.21. The van der Waals surface area contributed by atoms with Crippen molar-refractivity contribution in [3.63, 3.8) is 0 Å². The molecule has 2 aromatic rings. The molecule has 0 spiro atoms. The van der Waals surface area contributed by atoms with Gasteiger partial charge in [0.05, 0.1) is 22.7 Å². The molecule has 0 aliphatic carbocycles. The van der Waals surface area contributed by atoms with Gasteiger partial charge in [0, 0.05) is 5.02 Å². The third-order valence-corrected chi connectivity index (χ3v) is 5.12. The van der Waals surface area contributed by atoms with E-state index >= 15 is 0 Å². The van der Waals surface area contributed by atoms with Crippen LogP contribution in [-0.4, -0.2) is 28.1 Å². The number of rotatable bonds is 6. The van der Waals surface area contributed by atoms with Crippen molar-refractivity contribution < 1.29 is 22.7 Å². The number of ether oxygens (including phenoxy) is 2. The first-order valence-electron chi connectivity index (χ1n) is 7.01. The van der Waals surface area contributed by atoms with Gasteiger partial charge in [0.2, 0.25) is 0 Å². The van der Waals surface area contributed by atoms with Crippen molar-refractivity contribution in [3.8, 4) is 5.75 Å². The van der Waals surface area contributed by atoms with E-state index in [1.54, 1.807) is 6.92 Å². The molecule has 0 radical (unpaired) electrons. The molecule has 0 aliphatic rings. The third kappa shape index (κ3) is 5.01. The maximum Gasteiger partial charge on any atom is 0.343 e. The molecule has 134 valence electrons. The molecule has 0 atom stereocenters. The van der Waals surface area contributed by atoms with E-state index in [1.807, 2.05) is 0 Å². The molecule has 0 saturated heterocycles. The van der Waals surface area contributed by atoms with Crippen molar-refractivity contribution in [3.05, 3.63) is 52.0 Å². The SMILES string of the molecule is COC(=O)COc1ccc(S(=O)(=O)Nc2ccc(Cl)cc2Cl)cc1C. The molecule has 0 saturated carbocycles. The number of aryl methyl sites for hydroxylation is 1. The van der Waals surface area contributed by atoms with E-state index < -0.39 is 16.0 Å². The summed E-state index contributed by atoms with van der Waals surface area (Å²) in [5, 5.41) is 0.585. The lowest BCUT2D eigenvalue weighted by Crippen LogP contribution is -2.15. The van der Waals surface area contributed by atoms with Gasteiger partial charge in [-0.2, -0.15) is 0 Å². The van der Waals surface area contributed by atoms with Gasteiger partial charge >= 0.3 is 5.97 Å². The van der Waals surface area contributed by atoms with E-state index in [-0.39, 0.29) is 22.2 Å². The molecule has 0 aromatic heterocycles. The maximum absolute atomic E-state index is 12.5. The number of carbonyl (C=O) groups is 1. The fourth-order valence-corrected chi connectivity index (χ4v) is 3.60. The molecule has 0 aliphatic heterocycles. The van der Waals surface area contributed by atoms with Crippen molar-refractivity contribution in [1.82, 2.24) is 0 Å². The summed E-state index contributed by atoms with van der Waals surface area (Å²) in [6, 6.07) is 8.71. The highest BCUT2D eigenvalue weighted by Gasteiger charge is 2.17.